The van der Waals surface area contributed by atoms with Gasteiger partial charge in [-0.3, -0.25) is 9.59 Å². The molecule has 4 atom stereocenters. The number of aliphatic hydroxyl groups excluding tert-OH is 1. The second-order valence-corrected chi connectivity index (χ2v) is 11.7. The monoisotopic (exact) mass is 557 g/mol. The van der Waals surface area contributed by atoms with Crippen LogP contribution < -0.4 is 27.3 Å². The molecule has 10 heteroatoms. The SMILES string of the molecule is Cc1cc(Oc2ccccc2)ccc1C1(N)C(=O)C(N)c2c(C(=O)N[C@H]3CN(C)C[C@H]3O)sc3c(N)ccc1c23. The van der Waals surface area contributed by atoms with E-state index in [9.17, 15) is 14.7 Å². The fraction of sp³-hybridized carbons (Fsp3) is 0.267. The molecule has 1 aliphatic heterocycles. The number of anilines is 1. The largest absolute Gasteiger partial charge is 0.457 e. The molecule has 9 nitrogen and oxygen atoms in total. The Bertz CT molecular complexity index is 1660. The van der Waals surface area contributed by atoms with Crippen LogP contribution in [0, 0.1) is 6.92 Å². The summed E-state index contributed by atoms with van der Waals surface area (Å²) >= 11 is 1.19. The first kappa shape index (κ1) is 26.4. The Morgan fingerprint density at radius 2 is 1.82 bits per heavy atom. The highest BCUT2D eigenvalue weighted by atomic mass is 32.1. The maximum absolute atomic E-state index is 14.1. The van der Waals surface area contributed by atoms with Crippen LogP contribution in [0.15, 0.2) is 60.7 Å². The summed E-state index contributed by atoms with van der Waals surface area (Å²) in [6, 6.07) is 16.7. The number of benzene rings is 3. The summed E-state index contributed by atoms with van der Waals surface area (Å²) in [6.45, 7) is 2.85. The van der Waals surface area contributed by atoms with E-state index in [0.717, 1.165) is 5.56 Å². The fourth-order valence-corrected chi connectivity index (χ4v) is 7.15. The molecule has 0 bridgehead atoms. The lowest BCUT2D eigenvalue weighted by Gasteiger charge is -2.37. The number of carbonyl (C=O) groups excluding carboxylic acids is 2. The Labute approximate surface area is 235 Å². The predicted octanol–water partition coefficient (Wildman–Crippen LogP) is 2.77. The number of amides is 1. The minimum atomic E-state index is -1.56. The Morgan fingerprint density at radius 3 is 2.50 bits per heavy atom. The van der Waals surface area contributed by atoms with E-state index >= 15 is 0 Å². The van der Waals surface area contributed by atoms with Crippen LogP contribution in [0.2, 0.25) is 0 Å². The van der Waals surface area contributed by atoms with Crippen LogP contribution in [0.5, 0.6) is 11.5 Å². The van der Waals surface area contributed by atoms with Crippen LogP contribution >= 0.6 is 11.3 Å². The number of β-amino-alcohol motifs (C(OH)–C–C–N with tert-alkyl or cyclic N) is 1. The number of hydrogen-bond acceptors (Lipinski definition) is 9. The van der Waals surface area contributed by atoms with Gasteiger partial charge < -0.3 is 37.3 Å². The molecule has 0 saturated carbocycles. The van der Waals surface area contributed by atoms with Crippen molar-refractivity contribution in [3.05, 3.63) is 87.8 Å². The molecule has 2 aliphatic rings. The molecule has 8 N–H and O–H groups in total. The number of likely N-dealkylation sites (tertiary alicyclic amines) is 1. The zero-order valence-corrected chi connectivity index (χ0v) is 23.0. The third kappa shape index (κ3) is 4.07. The molecule has 3 aromatic carbocycles. The van der Waals surface area contributed by atoms with E-state index in [1.54, 1.807) is 24.3 Å². The number of rotatable bonds is 5. The first-order valence-electron chi connectivity index (χ1n) is 13.0. The number of ketones is 1. The number of nitrogen functional groups attached to an aromatic ring is 1. The average molecular weight is 558 g/mol. The summed E-state index contributed by atoms with van der Waals surface area (Å²) in [5.74, 6) is 0.492. The number of ether oxygens (including phenoxy) is 1. The highest BCUT2D eigenvalue weighted by Crippen LogP contribution is 2.50. The molecule has 1 amide bonds. The van der Waals surface area contributed by atoms with Crippen molar-refractivity contribution in [2.75, 3.05) is 25.9 Å². The van der Waals surface area contributed by atoms with Crippen LogP contribution in [-0.4, -0.2) is 54.0 Å². The van der Waals surface area contributed by atoms with Crippen LogP contribution in [0.25, 0.3) is 10.1 Å². The minimum absolute atomic E-state index is 0.308. The number of carbonyl (C=O) groups is 2. The van der Waals surface area contributed by atoms with E-state index in [2.05, 4.69) is 5.32 Å². The summed E-state index contributed by atoms with van der Waals surface area (Å²) in [6.07, 6.45) is -0.691. The first-order valence-corrected chi connectivity index (χ1v) is 13.9. The van der Waals surface area contributed by atoms with E-state index < -0.39 is 35.4 Å². The molecule has 2 unspecified atom stereocenters. The van der Waals surface area contributed by atoms with E-state index in [1.165, 1.54) is 11.3 Å². The van der Waals surface area contributed by atoms with Crippen molar-refractivity contribution < 1.29 is 19.4 Å². The zero-order chi connectivity index (χ0) is 28.3. The van der Waals surface area contributed by atoms with Gasteiger partial charge in [0.2, 0.25) is 0 Å². The molecular weight excluding hydrogens is 526 g/mol. The Hall–Kier alpha value is -3.80. The maximum Gasteiger partial charge on any atom is 0.262 e. The van der Waals surface area contributed by atoms with Crippen molar-refractivity contribution in [3.8, 4) is 11.5 Å². The molecule has 6 rings (SSSR count). The van der Waals surface area contributed by atoms with Gasteiger partial charge in [-0.05, 0) is 61.0 Å². The van der Waals surface area contributed by atoms with Gasteiger partial charge in [-0.25, -0.2) is 0 Å². The second-order valence-electron chi connectivity index (χ2n) is 10.7. The Balaban J connectivity index is 1.44. The quantitative estimate of drug-likeness (QED) is 0.235. The number of hydrogen-bond donors (Lipinski definition) is 5. The van der Waals surface area contributed by atoms with Crippen molar-refractivity contribution in [3.63, 3.8) is 0 Å². The normalized spacial score (nSPS) is 24.4. The summed E-state index contributed by atoms with van der Waals surface area (Å²) in [4.78, 5) is 29.8. The first-order chi connectivity index (χ1) is 19.1. The van der Waals surface area contributed by atoms with Gasteiger partial charge in [0.15, 0.2) is 5.78 Å². The van der Waals surface area contributed by atoms with Crippen molar-refractivity contribution >= 4 is 38.8 Å². The number of aryl methyl sites for hydroxylation is 1. The summed E-state index contributed by atoms with van der Waals surface area (Å²) < 4.78 is 6.63. The number of nitrogens with one attached hydrogen (secondary N) is 1. The number of likely N-dealkylation sites (N-methyl/N-ethyl adjacent to an activating group) is 1. The molecule has 4 aromatic rings. The van der Waals surface area contributed by atoms with Gasteiger partial charge in [0.1, 0.15) is 17.0 Å². The van der Waals surface area contributed by atoms with Crippen LogP contribution in [0.4, 0.5) is 5.69 Å². The highest BCUT2D eigenvalue weighted by molar-refractivity contribution is 7.21. The number of nitrogens with zero attached hydrogens (tertiary/aromatic N) is 1. The van der Waals surface area contributed by atoms with E-state index in [4.69, 9.17) is 21.9 Å². The molecule has 40 heavy (non-hydrogen) atoms. The van der Waals surface area contributed by atoms with Crippen LogP contribution in [0.3, 0.4) is 0 Å². The number of thiophene rings is 1. The summed E-state index contributed by atoms with van der Waals surface area (Å²) in [5.41, 5.74) is 21.3. The van der Waals surface area contributed by atoms with Gasteiger partial charge >= 0.3 is 0 Å². The number of nitrogens with two attached hydrogens (primary N) is 3. The predicted molar refractivity (Wildman–Crippen MR) is 156 cm³/mol. The standard InChI is InChI=1S/C30H31N5O4S/c1-15-12-17(39-16-6-4-3-5-7-16)8-9-18(15)30(33)19-10-11-20(31)26-23(19)24(25(32)28(30)37)27(40-26)29(38)34-21-13-35(2)14-22(21)36/h3-12,21-22,25,36H,13-14,31-33H2,1-2H3,(H,34,38)/t21-,22+,25?,30?/m0/s1. The second kappa shape index (κ2) is 9.69. The number of Topliss-reactive ketones (excluding diaryl/α,β-unsaturated/α-hetero) is 1. The van der Waals surface area contributed by atoms with Gasteiger partial charge in [-0.2, -0.15) is 0 Å². The van der Waals surface area contributed by atoms with Crippen molar-refractivity contribution in [2.24, 2.45) is 11.5 Å². The van der Waals surface area contributed by atoms with Crippen LogP contribution in [0.1, 0.15) is 38.0 Å². The van der Waals surface area contributed by atoms with Gasteiger partial charge in [0.05, 0.1) is 27.8 Å². The lowest BCUT2D eigenvalue weighted by molar-refractivity contribution is -0.124. The van der Waals surface area contributed by atoms with Crippen molar-refractivity contribution in [1.82, 2.24) is 10.2 Å². The zero-order valence-electron chi connectivity index (χ0n) is 22.2. The third-order valence-electron chi connectivity index (χ3n) is 7.91. The van der Waals surface area contributed by atoms with Crippen LogP contribution in [-0.2, 0) is 10.3 Å². The van der Waals surface area contributed by atoms with Gasteiger partial charge in [-0.1, -0.05) is 30.3 Å². The number of aliphatic hydroxyl groups is 1. The molecular formula is C30H31N5O4S. The molecule has 1 aromatic heterocycles. The lowest BCUT2D eigenvalue weighted by atomic mass is 9.69. The molecule has 206 valence electrons. The van der Waals surface area contributed by atoms with Gasteiger partial charge in [0.25, 0.3) is 5.91 Å². The van der Waals surface area contributed by atoms with E-state index in [1.807, 2.05) is 55.3 Å². The van der Waals surface area contributed by atoms with Gasteiger partial charge in [-0.15, -0.1) is 11.3 Å². The van der Waals surface area contributed by atoms with E-state index in [0.29, 0.717) is 61.9 Å². The summed E-state index contributed by atoms with van der Waals surface area (Å²) in [5, 5.41) is 13.9. The van der Waals surface area contributed by atoms with Crippen molar-refractivity contribution in [1.29, 1.82) is 0 Å². The lowest BCUT2D eigenvalue weighted by Crippen LogP contribution is -2.53. The van der Waals surface area contributed by atoms with Crippen molar-refractivity contribution in [2.45, 2.75) is 30.7 Å². The van der Waals surface area contributed by atoms with Gasteiger partial charge in [0, 0.05) is 29.7 Å². The molecule has 1 saturated heterocycles. The summed E-state index contributed by atoms with van der Waals surface area (Å²) in [7, 11) is 1.88. The minimum Gasteiger partial charge on any atom is -0.457 e. The smallest absolute Gasteiger partial charge is 0.262 e. The number of para-hydroxylation sites is 1. The molecule has 1 fully saturated rings. The Morgan fingerprint density at radius 1 is 1.10 bits per heavy atom. The highest BCUT2D eigenvalue weighted by Gasteiger charge is 2.49. The maximum atomic E-state index is 14.1. The molecule has 1 aliphatic carbocycles. The third-order valence-corrected chi connectivity index (χ3v) is 9.16. The topological polar surface area (TPSA) is 157 Å². The molecule has 2 heterocycles. The Kier molecular flexibility index (Phi) is 6.40. The van der Waals surface area contributed by atoms with E-state index in [-0.39, 0.29) is 0 Å². The molecule has 0 radical (unpaired) electrons. The average Bonchev–Trinajstić information content (AvgIpc) is 3.48. The molecule has 0 spiro atoms. The fourth-order valence-electron chi connectivity index (χ4n) is 5.95.